The Morgan fingerprint density at radius 2 is 1.96 bits per heavy atom. The molecule has 0 saturated heterocycles. The highest BCUT2D eigenvalue weighted by Gasteiger charge is 2.16. The van der Waals surface area contributed by atoms with Crippen LogP contribution in [0, 0.1) is 0 Å². The summed E-state index contributed by atoms with van der Waals surface area (Å²) >= 11 is 5.81. The van der Waals surface area contributed by atoms with Crippen molar-refractivity contribution >= 4 is 23.6 Å². The second kappa shape index (κ2) is 7.20. The standard InChI is InChI=1S/C18H16ClNO3/c19-15-5-7-16(8-6-15)22-10-9-20-18(21)14-11-13-3-1-2-4-17(13)23-12-14/h1-8,11H,9-10,12H2,(H,20,21). The predicted molar refractivity (Wildman–Crippen MR) is 89.9 cm³/mol. The summed E-state index contributed by atoms with van der Waals surface area (Å²) in [5.74, 6) is 1.38. The van der Waals surface area contributed by atoms with Crippen molar-refractivity contribution in [2.75, 3.05) is 19.8 Å². The zero-order valence-electron chi connectivity index (χ0n) is 12.4. The lowest BCUT2D eigenvalue weighted by Crippen LogP contribution is -2.31. The molecule has 0 radical (unpaired) electrons. The van der Waals surface area contributed by atoms with Gasteiger partial charge in [-0.15, -0.1) is 0 Å². The van der Waals surface area contributed by atoms with E-state index in [1.165, 1.54) is 0 Å². The number of ether oxygens (including phenoxy) is 2. The van der Waals surface area contributed by atoms with E-state index >= 15 is 0 Å². The van der Waals surface area contributed by atoms with Crippen molar-refractivity contribution in [3.63, 3.8) is 0 Å². The van der Waals surface area contributed by atoms with Gasteiger partial charge in [0.15, 0.2) is 0 Å². The number of halogens is 1. The average molecular weight is 330 g/mol. The van der Waals surface area contributed by atoms with Crippen molar-refractivity contribution < 1.29 is 14.3 Å². The number of para-hydroxylation sites is 1. The van der Waals surface area contributed by atoms with Crippen LogP contribution < -0.4 is 14.8 Å². The minimum Gasteiger partial charge on any atom is -0.492 e. The molecule has 23 heavy (non-hydrogen) atoms. The lowest BCUT2D eigenvalue weighted by atomic mass is 10.1. The number of hydrogen-bond acceptors (Lipinski definition) is 3. The minimum absolute atomic E-state index is 0.140. The van der Waals surface area contributed by atoms with Crippen LogP contribution in [-0.4, -0.2) is 25.7 Å². The van der Waals surface area contributed by atoms with Gasteiger partial charge in [-0.25, -0.2) is 0 Å². The van der Waals surface area contributed by atoms with Crippen molar-refractivity contribution in [3.05, 3.63) is 64.7 Å². The SMILES string of the molecule is O=C(NCCOc1ccc(Cl)cc1)C1=Cc2ccccc2OC1. The van der Waals surface area contributed by atoms with E-state index in [0.29, 0.717) is 23.7 Å². The van der Waals surface area contributed by atoms with Crippen molar-refractivity contribution in [1.82, 2.24) is 5.32 Å². The Morgan fingerprint density at radius 3 is 2.78 bits per heavy atom. The molecule has 0 unspecified atom stereocenters. The molecule has 1 heterocycles. The van der Waals surface area contributed by atoms with Gasteiger partial charge in [0.2, 0.25) is 0 Å². The summed E-state index contributed by atoms with van der Waals surface area (Å²) in [6.07, 6.45) is 1.86. The molecule has 0 atom stereocenters. The maximum atomic E-state index is 12.1. The van der Waals surface area contributed by atoms with Gasteiger partial charge in [-0.2, -0.15) is 0 Å². The summed E-state index contributed by atoms with van der Waals surface area (Å²) in [5.41, 5.74) is 1.52. The van der Waals surface area contributed by atoms with Crippen LogP contribution in [0.4, 0.5) is 0 Å². The summed E-state index contributed by atoms with van der Waals surface area (Å²) in [6, 6.07) is 14.7. The van der Waals surface area contributed by atoms with Crippen LogP contribution in [0.2, 0.25) is 5.02 Å². The quantitative estimate of drug-likeness (QED) is 0.856. The second-order valence-electron chi connectivity index (χ2n) is 5.05. The fourth-order valence-electron chi connectivity index (χ4n) is 2.22. The van der Waals surface area contributed by atoms with Gasteiger partial charge in [0, 0.05) is 10.6 Å². The van der Waals surface area contributed by atoms with Crippen molar-refractivity contribution in [2.24, 2.45) is 0 Å². The number of hydrogen-bond donors (Lipinski definition) is 1. The lowest BCUT2D eigenvalue weighted by Gasteiger charge is -2.17. The van der Waals surface area contributed by atoms with Crippen LogP contribution in [0.15, 0.2) is 54.1 Å². The highest BCUT2D eigenvalue weighted by Crippen LogP contribution is 2.25. The third-order valence-corrected chi connectivity index (χ3v) is 3.65. The molecule has 0 aliphatic carbocycles. The Kier molecular flexibility index (Phi) is 4.83. The molecular formula is C18H16ClNO3. The van der Waals surface area contributed by atoms with E-state index in [4.69, 9.17) is 21.1 Å². The van der Waals surface area contributed by atoms with Gasteiger partial charge in [-0.1, -0.05) is 29.8 Å². The number of rotatable bonds is 5. The summed E-state index contributed by atoms with van der Waals surface area (Å²) in [5, 5.41) is 3.49. The molecule has 1 aliphatic heterocycles. The molecule has 0 spiro atoms. The maximum Gasteiger partial charge on any atom is 0.250 e. The first kappa shape index (κ1) is 15.4. The van der Waals surface area contributed by atoms with Crippen LogP contribution in [0.3, 0.4) is 0 Å². The molecule has 0 aromatic heterocycles. The summed E-state index contributed by atoms with van der Waals surface area (Å²) in [6.45, 7) is 1.08. The van der Waals surface area contributed by atoms with E-state index in [9.17, 15) is 4.79 Å². The van der Waals surface area contributed by atoms with Gasteiger partial charge >= 0.3 is 0 Å². The highest BCUT2D eigenvalue weighted by molar-refractivity contribution is 6.30. The monoisotopic (exact) mass is 329 g/mol. The first-order chi connectivity index (χ1) is 11.2. The molecule has 1 amide bonds. The molecule has 3 rings (SSSR count). The molecule has 0 fully saturated rings. The van der Waals surface area contributed by atoms with Crippen LogP contribution >= 0.6 is 11.6 Å². The first-order valence-electron chi connectivity index (χ1n) is 7.31. The second-order valence-corrected chi connectivity index (χ2v) is 5.49. The van der Waals surface area contributed by atoms with E-state index in [1.54, 1.807) is 24.3 Å². The fraction of sp³-hybridized carbons (Fsp3) is 0.167. The molecule has 5 heteroatoms. The van der Waals surface area contributed by atoms with Crippen LogP contribution in [-0.2, 0) is 4.79 Å². The number of nitrogens with one attached hydrogen (secondary N) is 1. The maximum absolute atomic E-state index is 12.1. The molecule has 1 aliphatic rings. The Balaban J connectivity index is 1.48. The Morgan fingerprint density at radius 1 is 1.17 bits per heavy atom. The van der Waals surface area contributed by atoms with Crippen molar-refractivity contribution in [2.45, 2.75) is 0 Å². The van der Waals surface area contributed by atoms with Crippen LogP contribution in [0.25, 0.3) is 6.08 Å². The van der Waals surface area contributed by atoms with E-state index in [-0.39, 0.29) is 12.5 Å². The number of carbonyl (C=O) groups is 1. The van der Waals surface area contributed by atoms with Crippen LogP contribution in [0.5, 0.6) is 11.5 Å². The normalized spacial score (nSPS) is 12.7. The fourth-order valence-corrected chi connectivity index (χ4v) is 2.35. The third kappa shape index (κ3) is 4.05. The number of fused-ring (bicyclic) bond motifs is 1. The summed E-state index contributed by atoms with van der Waals surface area (Å²) in [7, 11) is 0. The average Bonchev–Trinajstić information content (AvgIpc) is 2.59. The molecule has 2 aromatic carbocycles. The molecule has 0 saturated carbocycles. The molecule has 4 nitrogen and oxygen atoms in total. The largest absolute Gasteiger partial charge is 0.492 e. The Hall–Kier alpha value is -2.46. The summed E-state index contributed by atoms with van der Waals surface area (Å²) < 4.78 is 11.1. The predicted octanol–water partition coefficient (Wildman–Crippen LogP) is 3.31. The Bertz CT molecular complexity index is 725. The number of carbonyl (C=O) groups excluding carboxylic acids is 1. The molecule has 1 N–H and O–H groups in total. The molecule has 2 aromatic rings. The summed E-state index contributed by atoms with van der Waals surface area (Å²) in [4.78, 5) is 12.1. The molecule has 0 bridgehead atoms. The topological polar surface area (TPSA) is 47.6 Å². The smallest absolute Gasteiger partial charge is 0.250 e. The number of amides is 1. The molecule has 118 valence electrons. The third-order valence-electron chi connectivity index (χ3n) is 3.39. The van der Waals surface area contributed by atoms with Gasteiger partial charge in [0.05, 0.1) is 12.1 Å². The van der Waals surface area contributed by atoms with Gasteiger partial charge in [-0.05, 0) is 36.4 Å². The van der Waals surface area contributed by atoms with Crippen LogP contribution in [0.1, 0.15) is 5.56 Å². The zero-order valence-corrected chi connectivity index (χ0v) is 13.2. The van der Waals surface area contributed by atoms with E-state index in [1.807, 2.05) is 30.3 Å². The van der Waals surface area contributed by atoms with Crippen molar-refractivity contribution in [1.29, 1.82) is 0 Å². The minimum atomic E-state index is -0.140. The Labute approximate surface area is 139 Å². The van der Waals surface area contributed by atoms with Gasteiger partial charge in [-0.3, -0.25) is 4.79 Å². The van der Waals surface area contributed by atoms with E-state index in [0.717, 1.165) is 17.1 Å². The lowest BCUT2D eigenvalue weighted by molar-refractivity contribution is -0.117. The molecular weight excluding hydrogens is 314 g/mol. The van der Waals surface area contributed by atoms with Gasteiger partial charge in [0.1, 0.15) is 24.7 Å². The highest BCUT2D eigenvalue weighted by atomic mass is 35.5. The van der Waals surface area contributed by atoms with Gasteiger partial charge in [0.25, 0.3) is 5.91 Å². The van der Waals surface area contributed by atoms with E-state index < -0.39 is 0 Å². The zero-order chi connectivity index (χ0) is 16.1. The first-order valence-corrected chi connectivity index (χ1v) is 7.69. The number of benzene rings is 2. The van der Waals surface area contributed by atoms with E-state index in [2.05, 4.69) is 5.32 Å². The van der Waals surface area contributed by atoms with Gasteiger partial charge < -0.3 is 14.8 Å². The van der Waals surface area contributed by atoms with Crippen molar-refractivity contribution in [3.8, 4) is 11.5 Å².